The molecule has 0 spiro atoms. The molecule has 0 atom stereocenters. The monoisotopic (exact) mass is 445 g/mol. The molecule has 0 saturated heterocycles. The van der Waals surface area contributed by atoms with Crippen molar-refractivity contribution in [3.05, 3.63) is 115 Å². The Bertz CT molecular complexity index is 2120. The van der Waals surface area contributed by atoms with Crippen LogP contribution in [0.4, 0.5) is 0 Å². The maximum Gasteiger partial charge on any atom is 0.136 e. The Kier molecular flexibility index (Phi) is 3.69. The molecule has 2 heteroatoms. The van der Waals surface area contributed by atoms with Crippen molar-refractivity contribution in [1.29, 1.82) is 0 Å². The molecule has 0 radical (unpaired) electrons. The van der Waals surface area contributed by atoms with Crippen molar-refractivity contribution in [3.63, 3.8) is 0 Å². The first-order valence-electron chi connectivity index (χ1n) is 11.9. The molecular formula is C33H19NO. The fraction of sp³-hybridized carbons (Fsp3) is 0. The fourth-order valence-electron chi connectivity index (χ4n) is 5.59. The van der Waals surface area contributed by atoms with Gasteiger partial charge in [0, 0.05) is 27.9 Å². The maximum atomic E-state index is 6.33. The summed E-state index contributed by atoms with van der Waals surface area (Å²) < 4.78 is 6.33. The van der Waals surface area contributed by atoms with Crippen LogP contribution in [-0.2, 0) is 0 Å². The second-order valence-corrected chi connectivity index (χ2v) is 9.21. The number of aromatic nitrogens is 1. The molecule has 2 heterocycles. The van der Waals surface area contributed by atoms with Crippen LogP contribution in [0, 0.1) is 0 Å². The largest absolute Gasteiger partial charge is 0.456 e. The van der Waals surface area contributed by atoms with E-state index in [2.05, 4.69) is 109 Å². The number of furan rings is 1. The summed E-state index contributed by atoms with van der Waals surface area (Å²) in [7, 11) is 0. The second kappa shape index (κ2) is 6.91. The van der Waals surface area contributed by atoms with Crippen molar-refractivity contribution in [2.24, 2.45) is 0 Å². The molecule has 8 rings (SSSR count). The molecular weight excluding hydrogens is 426 g/mol. The molecule has 0 bridgehead atoms. The molecule has 0 amide bonds. The number of fused-ring (bicyclic) bond motifs is 9. The van der Waals surface area contributed by atoms with Crippen LogP contribution in [0.1, 0.15) is 0 Å². The van der Waals surface area contributed by atoms with Gasteiger partial charge in [0.25, 0.3) is 0 Å². The summed E-state index contributed by atoms with van der Waals surface area (Å²) in [6.45, 7) is 0. The van der Waals surface area contributed by atoms with Gasteiger partial charge in [0.05, 0.1) is 5.69 Å². The first-order valence-corrected chi connectivity index (χ1v) is 11.9. The summed E-state index contributed by atoms with van der Waals surface area (Å²) >= 11 is 0. The summed E-state index contributed by atoms with van der Waals surface area (Å²) in [6, 6.07) is 38.8. The third-order valence-corrected chi connectivity index (χ3v) is 7.28. The number of hydrogen-bond acceptors (Lipinski definition) is 2. The lowest BCUT2D eigenvalue weighted by atomic mass is 9.95. The average Bonchev–Trinajstić information content (AvgIpc) is 3.27. The van der Waals surface area contributed by atoms with E-state index in [1.807, 2.05) is 6.20 Å². The number of benzene rings is 6. The Morgan fingerprint density at radius 3 is 2.00 bits per heavy atom. The molecule has 0 aliphatic heterocycles. The number of rotatable bonds is 1. The van der Waals surface area contributed by atoms with E-state index in [0.717, 1.165) is 38.6 Å². The van der Waals surface area contributed by atoms with E-state index >= 15 is 0 Å². The minimum atomic E-state index is 0.887. The zero-order valence-corrected chi connectivity index (χ0v) is 18.8. The molecule has 8 aromatic rings. The average molecular weight is 446 g/mol. The number of pyridine rings is 1. The maximum absolute atomic E-state index is 6.33. The molecule has 35 heavy (non-hydrogen) atoms. The topological polar surface area (TPSA) is 26.0 Å². The standard InChI is InChI=1S/C33H19NO/c1-2-7-22-18-32-30(17-21(22)6-1)28-12-10-23(19-31(28)35-32)33-29-14-13-25-24-8-4-3-5-20(24)9-11-26(25)27(29)15-16-34-33/h1-19H. The summed E-state index contributed by atoms with van der Waals surface area (Å²) in [5.41, 5.74) is 3.84. The van der Waals surface area contributed by atoms with Crippen LogP contribution in [0.2, 0.25) is 0 Å². The lowest BCUT2D eigenvalue weighted by Gasteiger charge is -2.10. The van der Waals surface area contributed by atoms with Crippen LogP contribution in [0.25, 0.3) is 76.3 Å². The lowest BCUT2D eigenvalue weighted by molar-refractivity contribution is 0.669. The third-order valence-electron chi connectivity index (χ3n) is 7.28. The van der Waals surface area contributed by atoms with Gasteiger partial charge >= 0.3 is 0 Å². The van der Waals surface area contributed by atoms with Gasteiger partial charge in [0.15, 0.2) is 0 Å². The van der Waals surface area contributed by atoms with Crippen LogP contribution < -0.4 is 0 Å². The van der Waals surface area contributed by atoms with Gasteiger partial charge in [-0.2, -0.15) is 0 Å². The molecule has 162 valence electrons. The third kappa shape index (κ3) is 2.68. The second-order valence-electron chi connectivity index (χ2n) is 9.21. The molecule has 0 aliphatic carbocycles. The molecule has 2 aromatic heterocycles. The normalized spacial score (nSPS) is 12.0. The predicted molar refractivity (Wildman–Crippen MR) is 147 cm³/mol. The molecule has 6 aromatic carbocycles. The van der Waals surface area contributed by atoms with Gasteiger partial charge < -0.3 is 4.42 Å². The summed E-state index contributed by atoms with van der Waals surface area (Å²) in [6.07, 6.45) is 1.92. The fourth-order valence-corrected chi connectivity index (χ4v) is 5.59. The molecule has 0 N–H and O–H groups in total. The molecule has 2 nitrogen and oxygen atoms in total. The highest BCUT2D eigenvalue weighted by Crippen LogP contribution is 2.38. The zero-order valence-electron chi connectivity index (χ0n) is 18.8. The van der Waals surface area contributed by atoms with Crippen molar-refractivity contribution in [2.75, 3.05) is 0 Å². The first kappa shape index (κ1) is 18.7. The summed E-state index contributed by atoms with van der Waals surface area (Å²) in [5.74, 6) is 0. The zero-order chi connectivity index (χ0) is 22.9. The molecule has 0 fully saturated rings. The van der Waals surface area contributed by atoms with E-state index in [-0.39, 0.29) is 0 Å². The van der Waals surface area contributed by atoms with E-state index in [1.54, 1.807) is 0 Å². The SMILES string of the molecule is c1ccc2cc3c(cc2c1)oc1cc(-c2nccc4c2ccc2c5ccccc5ccc42)ccc13. The van der Waals surface area contributed by atoms with Crippen LogP contribution in [-0.4, -0.2) is 4.98 Å². The minimum Gasteiger partial charge on any atom is -0.456 e. The highest BCUT2D eigenvalue weighted by molar-refractivity contribution is 6.19. The van der Waals surface area contributed by atoms with Gasteiger partial charge in [0.2, 0.25) is 0 Å². The number of hydrogen-bond donors (Lipinski definition) is 0. The highest BCUT2D eigenvalue weighted by Gasteiger charge is 2.13. The number of nitrogens with zero attached hydrogens (tertiary/aromatic N) is 1. The van der Waals surface area contributed by atoms with Crippen molar-refractivity contribution in [1.82, 2.24) is 4.98 Å². The highest BCUT2D eigenvalue weighted by atomic mass is 16.3. The Labute approximate surface area is 201 Å². The van der Waals surface area contributed by atoms with Gasteiger partial charge in [-0.15, -0.1) is 0 Å². The van der Waals surface area contributed by atoms with Crippen molar-refractivity contribution in [2.45, 2.75) is 0 Å². The molecule has 0 unspecified atom stereocenters. The van der Waals surface area contributed by atoms with Gasteiger partial charge in [-0.1, -0.05) is 78.9 Å². The van der Waals surface area contributed by atoms with E-state index < -0.39 is 0 Å². The Morgan fingerprint density at radius 2 is 1.09 bits per heavy atom. The van der Waals surface area contributed by atoms with Crippen LogP contribution >= 0.6 is 0 Å². The van der Waals surface area contributed by atoms with Gasteiger partial charge in [0.1, 0.15) is 11.2 Å². The van der Waals surface area contributed by atoms with E-state index in [0.29, 0.717) is 0 Å². The Morgan fingerprint density at radius 1 is 0.429 bits per heavy atom. The van der Waals surface area contributed by atoms with Crippen molar-refractivity contribution < 1.29 is 4.42 Å². The first-order chi connectivity index (χ1) is 17.3. The quantitative estimate of drug-likeness (QED) is 0.235. The summed E-state index contributed by atoms with van der Waals surface area (Å²) in [4.78, 5) is 4.81. The molecule has 0 aliphatic rings. The van der Waals surface area contributed by atoms with Crippen LogP contribution in [0.15, 0.2) is 120 Å². The van der Waals surface area contributed by atoms with Gasteiger partial charge in [-0.05, 0) is 68.0 Å². The Balaban J connectivity index is 1.37. The van der Waals surface area contributed by atoms with Crippen LogP contribution in [0.5, 0.6) is 0 Å². The van der Waals surface area contributed by atoms with Gasteiger partial charge in [-0.3, -0.25) is 4.98 Å². The Hall–Kier alpha value is -4.69. The van der Waals surface area contributed by atoms with Crippen molar-refractivity contribution in [3.8, 4) is 11.3 Å². The predicted octanol–water partition coefficient (Wildman–Crippen LogP) is 9.26. The summed E-state index contributed by atoms with van der Waals surface area (Å²) in [5, 5.41) is 12.1. The van der Waals surface area contributed by atoms with E-state index in [1.165, 1.54) is 37.7 Å². The minimum absolute atomic E-state index is 0.887. The molecule has 0 saturated carbocycles. The van der Waals surface area contributed by atoms with Gasteiger partial charge in [-0.25, -0.2) is 0 Å². The lowest BCUT2D eigenvalue weighted by Crippen LogP contribution is -1.88. The van der Waals surface area contributed by atoms with E-state index in [9.17, 15) is 0 Å². The smallest absolute Gasteiger partial charge is 0.136 e. The van der Waals surface area contributed by atoms with Crippen LogP contribution in [0.3, 0.4) is 0 Å². The van der Waals surface area contributed by atoms with E-state index in [4.69, 9.17) is 9.40 Å². The van der Waals surface area contributed by atoms with Crippen molar-refractivity contribution >= 4 is 65.0 Å².